The second-order valence-electron chi connectivity index (χ2n) is 4.30. The number of rotatable bonds is 3. The summed E-state index contributed by atoms with van der Waals surface area (Å²) >= 11 is 0. The number of Topliss-reactive ketones (excluding diaryl/α,β-unsaturated/α-hetero) is 1. The van der Waals surface area contributed by atoms with Crippen LogP contribution in [-0.2, 0) is 5.54 Å². The summed E-state index contributed by atoms with van der Waals surface area (Å²) in [5, 5.41) is 6.99. The highest BCUT2D eigenvalue weighted by Crippen LogP contribution is 2.13. The zero-order chi connectivity index (χ0) is 10.8. The first-order chi connectivity index (χ1) is 6.45. The molecule has 0 aliphatic carbocycles. The SMILES string of the molecule is CNCC(=O)c1cnn(C(C)(C)C)c1. The third-order valence-corrected chi connectivity index (χ3v) is 1.93. The van der Waals surface area contributed by atoms with Gasteiger partial charge in [-0.25, -0.2) is 0 Å². The van der Waals surface area contributed by atoms with Crippen molar-refractivity contribution in [1.82, 2.24) is 15.1 Å². The normalized spacial score (nSPS) is 11.7. The molecule has 1 aromatic rings. The molecule has 0 saturated heterocycles. The quantitative estimate of drug-likeness (QED) is 0.733. The molecule has 0 unspecified atom stereocenters. The fraction of sp³-hybridized carbons (Fsp3) is 0.600. The monoisotopic (exact) mass is 195 g/mol. The van der Waals surface area contributed by atoms with Gasteiger partial charge < -0.3 is 5.32 Å². The molecule has 0 aliphatic rings. The van der Waals surface area contributed by atoms with E-state index in [1.165, 1.54) is 0 Å². The summed E-state index contributed by atoms with van der Waals surface area (Å²) < 4.78 is 1.80. The Hall–Kier alpha value is -1.16. The summed E-state index contributed by atoms with van der Waals surface area (Å²) in [4.78, 5) is 11.5. The lowest BCUT2D eigenvalue weighted by atomic mass is 10.1. The average Bonchev–Trinajstić information content (AvgIpc) is 2.51. The van der Waals surface area contributed by atoms with Crippen LogP contribution in [0, 0.1) is 0 Å². The van der Waals surface area contributed by atoms with E-state index >= 15 is 0 Å². The van der Waals surface area contributed by atoms with Gasteiger partial charge in [-0.15, -0.1) is 0 Å². The number of ketones is 1. The highest BCUT2D eigenvalue weighted by Gasteiger charge is 2.16. The van der Waals surface area contributed by atoms with Gasteiger partial charge in [0.05, 0.1) is 23.8 Å². The molecule has 0 radical (unpaired) electrons. The van der Waals surface area contributed by atoms with Crippen LogP contribution in [-0.4, -0.2) is 29.2 Å². The maximum Gasteiger partial charge on any atom is 0.179 e. The zero-order valence-electron chi connectivity index (χ0n) is 9.16. The van der Waals surface area contributed by atoms with E-state index in [0.29, 0.717) is 12.1 Å². The van der Waals surface area contributed by atoms with Crippen molar-refractivity contribution >= 4 is 5.78 Å². The second kappa shape index (κ2) is 3.92. The van der Waals surface area contributed by atoms with Crippen LogP contribution < -0.4 is 5.32 Å². The maximum absolute atomic E-state index is 11.5. The van der Waals surface area contributed by atoms with Crippen molar-refractivity contribution in [3.63, 3.8) is 0 Å². The Morgan fingerprint density at radius 3 is 2.64 bits per heavy atom. The van der Waals surface area contributed by atoms with E-state index in [0.717, 1.165) is 0 Å². The minimum absolute atomic E-state index is 0.0713. The molecular weight excluding hydrogens is 178 g/mol. The van der Waals surface area contributed by atoms with Crippen molar-refractivity contribution in [2.24, 2.45) is 0 Å². The minimum Gasteiger partial charge on any atom is -0.313 e. The molecule has 0 amide bonds. The number of likely N-dealkylation sites (N-methyl/N-ethyl adjacent to an activating group) is 1. The van der Waals surface area contributed by atoms with Crippen molar-refractivity contribution < 1.29 is 4.79 Å². The lowest BCUT2D eigenvalue weighted by molar-refractivity contribution is 0.0993. The van der Waals surface area contributed by atoms with E-state index < -0.39 is 0 Å². The summed E-state index contributed by atoms with van der Waals surface area (Å²) in [6.45, 7) is 6.50. The Bertz CT molecular complexity index is 322. The van der Waals surface area contributed by atoms with Gasteiger partial charge in [-0.3, -0.25) is 9.48 Å². The van der Waals surface area contributed by atoms with Crippen molar-refractivity contribution in [2.45, 2.75) is 26.3 Å². The molecule has 1 rings (SSSR count). The average molecular weight is 195 g/mol. The van der Waals surface area contributed by atoms with Crippen molar-refractivity contribution in [2.75, 3.05) is 13.6 Å². The Morgan fingerprint density at radius 2 is 2.21 bits per heavy atom. The lowest BCUT2D eigenvalue weighted by Crippen LogP contribution is -2.22. The smallest absolute Gasteiger partial charge is 0.179 e. The second-order valence-corrected chi connectivity index (χ2v) is 4.30. The molecule has 0 aromatic carbocycles. The number of aromatic nitrogens is 2. The van der Waals surface area contributed by atoms with Crippen LogP contribution in [0.5, 0.6) is 0 Å². The molecule has 4 nitrogen and oxygen atoms in total. The summed E-state index contributed by atoms with van der Waals surface area (Å²) in [5.41, 5.74) is 0.590. The van der Waals surface area contributed by atoms with Gasteiger partial charge in [-0.1, -0.05) is 0 Å². The molecule has 0 bridgehead atoms. The van der Waals surface area contributed by atoms with E-state index in [-0.39, 0.29) is 11.3 Å². The van der Waals surface area contributed by atoms with E-state index in [4.69, 9.17) is 0 Å². The summed E-state index contributed by atoms with van der Waals surface area (Å²) in [6.07, 6.45) is 3.41. The predicted molar refractivity (Wildman–Crippen MR) is 55.5 cm³/mol. The highest BCUT2D eigenvalue weighted by molar-refractivity contribution is 5.97. The third-order valence-electron chi connectivity index (χ3n) is 1.93. The van der Waals surface area contributed by atoms with Crippen LogP contribution in [0.3, 0.4) is 0 Å². The van der Waals surface area contributed by atoms with Gasteiger partial charge in [-0.2, -0.15) is 5.10 Å². The maximum atomic E-state index is 11.5. The van der Waals surface area contributed by atoms with E-state index in [9.17, 15) is 4.79 Å². The standard InChI is InChI=1S/C10H17N3O/c1-10(2,3)13-7-8(5-12-13)9(14)6-11-4/h5,7,11H,6H2,1-4H3. The van der Waals surface area contributed by atoms with Crippen LogP contribution in [0.1, 0.15) is 31.1 Å². The fourth-order valence-corrected chi connectivity index (χ4v) is 1.10. The first-order valence-corrected chi connectivity index (χ1v) is 4.68. The van der Waals surface area contributed by atoms with Crippen molar-refractivity contribution in [1.29, 1.82) is 0 Å². The van der Waals surface area contributed by atoms with Crippen LogP contribution in [0.15, 0.2) is 12.4 Å². The number of nitrogens with zero attached hydrogens (tertiary/aromatic N) is 2. The summed E-state index contributed by atoms with van der Waals surface area (Å²) in [5.74, 6) is 0.0722. The van der Waals surface area contributed by atoms with Gasteiger partial charge in [0, 0.05) is 6.20 Å². The first-order valence-electron chi connectivity index (χ1n) is 4.68. The number of hydrogen-bond acceptors (Lipinski definition) is 3. The molecule has 0 spiro atoms. The van der Waals surface area contributed by atoms with Crippen LogP contribution >= 0.6 is 0 Å². The number of carbonyl (C=O) groups is 1. The Kier molecular flexibility index (Phi) is 3.06. The van der Waals surface area contributed by atoms with Gasteiger partial charge in [-0.05, 0) is 27.8 Å². The first kappa shape index (κ1) is 10.9. The summed E-state index contributed by atoms with van der Waals surface area (Å²) in [6, 6.07) is 0. The van der Waals surface area contributed by atoms with Crippen LogP contribution in [0.2, 0.25) is 0 Å². The van der Waals surface area contributed by atoms with Gasteiger partial charge in [0.2, 0.25) is 0 Å². The molecule has 14 heavy (non-hydrogen) atoms. The Labute approximate surface area is 84.3 Å². The molecule has 78 valence electrons. The van der Waals surface area contributed by atoms with Gasteiger partial charge >= 0.3 is 0 Å². The molecule has 0 aliphatic heterocycles. The van der Waals surface area contributed by atoms with Gasteiger partial charge in [0.25, 0.3) is 0 Å². The molecule has 1 aromatic heterocycles. The number of carbonyl (C=O) groups excluding carboxylic acids is 1. The van der Waals surface area contributed by atoms with E-state index in [1.807, 2.05) is 20.8 Å². The third kappa shape index (κ3) is 2.42. The van der Waals surface area contributed by atoms with Crippen LogP contribution in [0.4, 0.5) is 0 Å². The highest BCUT2D eigenvalue weighted by atomic mass is 16.1. The molecule has 0 atom stereocenters. The fourth-order valence-electron chi connectivity index (χ4n) is 1.10. The number of hydrogen-bond donors (Lipinski definition) is 1. The van der Waals surface area contributed by atoms with Crippen molar-refractivity contribution in [3.8, 4) is 0 Å². The molecule has 4 heteroatoms. The van der Waals surface area contributed by atoms with E-state index in [1.54, 1.807) is 24.1 Å². The van der Waals surface area contributed by atoms with Crippen molar-refractivity contribution in [3.05, 3.63) is 18.0 Å². The molecule has 1 N–H and O–H groups in total. The molecule has 0 fully saturated rings. The zero-order valence-corrected chi connectivity index (χ0v) is 9.16. The van der Waals surface area contributed by atoms with E-state index in [2.05, 4.69) is 10.4 Å². The molecular formula is C10H17N3O. The lowest BCUT2D eigenvalue weighted by Gasteiger charge is -2.18. The van der Waals surface area contributed by atoms with Gasteiger partial charge in [0.1, 0.15) is 0 Å². The predicted octanol–water partition coefficient (Wildman–Crippen LogP) is 1.04. The Morgan fingerprint density at radius 1 is 1.57 bits per heavy atom. The summed E-state index contributed by atoms with van der Waals surface area (Å²) in [7, 11) is 1.76. The Balaban J connectivity index is 2.83. The largest absolute Gasteiger partial charge is 0.313 e. The van der Waals surface area contributed by atoms with Crippen LogP contribution in [0.25, 0.3) is 0 Å². The molecule has 0 saturated carbocycles. The minimum atomic E-state index is -0.0713. The molecule has 1 heterocycles. The topological polar surface area (TPSA) is 46.9 Å². The number of nitrogens with one attached hydrogen (secondary N) is 1. The van der Waals surface area contributed by atoms with Gasteiger partial charge in [0.15, 0.2) is 5.78 Å².